The van der Waals surface area contributed by atoms with Crippen molar-refractivity contribution in [2.24, 2.45) is 23.7 Å². The van der Waals surface area contributed by atoms with Crippen molar-refractivity contribution in [3.8, 4) is 0 Å². The van der Waals surface area contributed by atoms with Gasteiger partial charge in [0.15, 0.2) is 0 Å². The van der Waals surface area contributed by atoms with Crippen LogP contribution in [0, 0.1) is 23.7 Å². The Balaban J connectivity index is 1.56. The molecular formula is C23H17Br2Cl3N2O3. The second kappa shape index (κ2) is 8.83. The molecule has 2 aromatic carbocycles. The summed E-state index contributed by atoms with van der Waals surface area (Å²) in [6.45, 7) is -0.0816. The zero-order valence-electron chi connectivity index (χ0n) is 16.9. The molecule has 2 bridgehead atoms. The minimum Gasteiger partial charge on any atom is -0.272 e. The number of alkyl halides is 2. The Hall–Kier alpha value is -1.12. The molecule has 5 rings (SSSR count). The molecule has 1 heterocycles. The van der Waals surface area contributed by atoms with E-state index >= 15 is 0 Å². The summed E-state index contributed by atoms with van der Waals surface area (Å²) in [6, 6.07) is 11.4. The van der Waals surface area contributed by atoms with E-state index in [-0.39, 0.29) is 50.4 Å². The van der Waals surface area contributed by atoms with Crippen molar-refractivity contribution >= 4 is 84.4 Å². The third kappa shape index (κ3) is 3.75. The Morgan fingerprint density at radius 1 is 0.939 bits per heavy atom. The average molecular weight is 636 g/mol. The molecule has 6 atom stereocenters. The Morgan fingerprint density at radius 2 is 1.55 bits per heavy atom. The van der Waals surface area contributed by atoms with Crippen molar-refractivity contribution in [3.63, 3.8) is 0 Å². The minimum atomic E-state index is -0.550. The summed E-state index contributed by atoms with van der Waals surface area (Å²) in [5.74, 6) is -2.11. The lowest BCUT2D eigenvalue weighted by molar-refractivity contribution is -0.156. The van der Waals surface area contributed by atoms with Crippen LogP contribution in [0.15, 0.2) is 42.5 Å². The maximum Gasteiger partial charge on any atom is 0.274 e. The Kier molecular flexibility index (Phi) is 6.32. The lowest BCUT2D eigenvalue weighted by Crippen LogP contribution is -2.50. The first kappa shape index (κ1) is 23.6. The van der Waals surface area contributed by atoms with Gasteiger partial charge < -0.3 is 0 Å². The maximum absolute atomic E-state index is 13.7. The molecular weight excluding hydrogens is 618 g/mol. The van der Waals surface area contributed by atoms with Crippen molar-refractivity contribution in [2.45, 2.75) is 22.6 Å². The number of hydrogen-bond acceptors (Lipinski definition) is 3. The number of nitrogens with zero attached hydrogens (tertiary/aromatic N) is 2. The molecule has 3 fully saturated rings. The van der Waals surface area contributed by atoms with Gasteiger partial charge in [-0.1, -0.05) is 84.9 Å². The molecule has 0 spiro atoms. The number of imide groups is 1. The number of carbonyl (C=O) groups excluding carboxylic acids is 3. The zero-order valence-corrected chi connectivity index (χ0v) is 22.4. The molecule has 0 radical (unpaired) electrons. The van der Waals surface area contributed by atoms with E-state index in [1.807, 2.05) is 0 Å². The first-order chi connectivity index (χ1) is 15.7. The van der Waals surface area contributed by atoms with Gasteiger partial charge in [0, 0.05) is 19.7 Å². The van der Waals surface area contributed by atoms with Crippen LogP contribution in [-0.2, 0) is 16.1 Å². The highest BCUT2D eigenvalue weighted by Gasteiger charge is 2.67. The van der Waals surface area contributed by atoms with Crippen LogP contribution in [0.5, 0.6) is 0 Å². The van der Waals surface area contributed by atoms with Gasteiger partial charge in [0.1, 0.15) is 0 Å². The largest absolute Gasteiger partial charge is 0.274 e. The second-order valence-electron chi connectivity index (χ2n) is 8.57. The average Bonchev–Trinajstić information content (AvgIpc) is 3.38. The molecule has 0 aromatic heterocycles. The van der Waals surface area contributed by atoms with Crippen LogP contribution < -0.4 is 0 Å². The standard InChI is InChI=1S/C23H17Br2Cl3N2O3/c24-19-13-8-14(20(19)25)18-17(13)22(32)30(23(18)33)29(9-10-5-6-11(26)7-16(10)28)21(31)12-3-1-2-4-15(12)27/h1-7,13-14,17-20H,8-9H2/t13-,14-,17-,18+,19+,20+/m1/s1. The molecule has 33 heavy (non-hydrogen) atoms. The molecule has 0 N–H and O–H groups in total. The van der Waals surface area contributed by atoms with Crippen LogP contribution >= 0.6 is 66.7 Å². The minimum absolute atomic E-state index is 0.0298. The molecule has 1 saturated heterocycles. The predicted molar refractivity (Wildman–Crippen MR) is 134 cm³/mol. The molecule has 0 unspecified atom stereocenters. The summed E-state index contributed by atoms with van der Waals surface area (Å²) in [6.07, 6.45) is 0.800. The number of carbonyl (C=O) groups is 3. The fraction of sp³-hybridized carbons (Fsp3) is 0.348. The smallest absolute Gasteiger partial charge is 0.272 e. The molecule has 3 aliphatic rings. The molecule has 1 aliphatic heterocycles. The van der Waals surface area contributed by atoms with Crippen molar-refractivity contribution in [3.05, 3.63) is 68.7 Å². The van der Waals surface area contributed by atoms with E-state index in [0.29, 0.717) is 15.6 Å². The summed E-state index contributed by atoms with van der Waals surface area (Å²) < 4.78 is 0. The van der Waals surface area contributed by atoms with Crippen molar-refractivity contribution < 1.29 is 14.4 Å². The normalized spacial score (nSPS) is 30.2. The summed E-state index contributed by atoms with van der Waals surface area (Å²) in [5, 5.41) is 3.20. The van der Waals surface area contributed by atoms with Gasteiger partial charge in [-0.3, -0.25) is 14.4 Å². The van der Waals surface area contributed by atoms with Crippen LogP contribution in [0.4, 0.5) is 0 Å². The number of amides is 3. The number of halogens is 5. The fourth-order valence-corrected chi connectivity index (χ4v) is 7.95. The summed E-state index contributed by atoms with van der Waals surface area (Å²) in [7, 11) is 0. The Labute approximate surface area is 222 Å². The van der Waals surface area contributed by atoms with Crippen molar-refractivity contribution in [2.75, 3.05) is 0 Å². The van der Waals surface area contributed by atoms with Crippen LogP contribution in [0.3, 0.4) is 0 Å². The molecule has 3 amide bonds. The summed E-state index contributed by atoms with van der Waals surface area (Å²) in [5.41, 5.74) is 0.750. The topological polar surface area (TPSA) is 57.7 Å². The van der Waals surface area contributed by atoms with E-state index in [4.69, 9.17) is 34.8 Å². The monoisotopic (exact) mass is 632 g/mol. The van der Waals surface area contributed by atoms with Crippen LogP contribution in [0.25, 0.3) is 0 Å². The van der Waals surface area contributed by atoms with E-state index in [0.717, 1.165) is 11.4 Å². The van der Waals surface area contributed by atoms with E-state index in [1.54, 1.807) is 42.5 Å². The quantitative estimate of drug-likeness (QED) is 0.307. The first-order valence-electron chi connectivity index (χ1n) is 10.4. The molecule has 2 saturated carbocycles. The Bertz CT molecular complexity index is 1150. The number of hydrazine groups is 1. The van der Waals surface area contributed by atoms with E-state index in [2.05, 4.69) is 31.9 Å². The lowest BCUT2D eigenvalue weighted by atomic mass is 9.81. The van der Waals surface area contributed by atoms with Crippen molar-refractivity contribution in [1.82, 2.24) is 10.0 Å². The molecule has 2 aliphatic carbocycles. The van der Waals surface area contributed by atoms with Gasteiger partial charge >= 0.3 is 0 Å². The zero-order chi connectivity index (χ0) is 23.6. The summed E-state index contributed by atoms with van der Waals surface area (Å²) >= 11 is 26.1. The highest BCUT2D eigenvalue weighted by atomic mass is 79.9. The lowest BCUT2D eigenvalue weighted by Gasteiger charge is -2.32. The van der Waals surface area contributed by atoms with Crippen LogP contribution in [0.2, 0.25) is 15.1 Å². The first-order valence-corrected chi connectivity index (χ1v) is 13.3. The van der Waals surface area contributed by atoms with Gasteiger partial charge in [-0.25, -0.2) is 5.01 Å². The molecule has 172 valence electrons. The number of rotatable bonds is 4. The number of fused-ring (bicyclic) bond motifs is 5. The predicted octanol–water partition coefficient (Wildman–Crippen LogP) is 5.98. The number of hydrogen-bond donors (Lipinski definition) is 0. The highest BCUT2D eigenvalue weighted by Crippen LogP contribution is 2.60. The van der Waals surface area contributed by atoms with E-state index in [1.165, 1.54) is 5.01 Å². The second-order valence-corrected chi connectivity index (χ2v) is 11.9. The summed E-state index contributed by atoms with van der Waals surface area (Å²) in [4.78, 5) is 41.1. The van der Waals surface area contributed by atoms with Gasteiger partial charge in [0.2, 0.25) is 0 Å². The fourth-order valence-electron chi connectivity index (χ4n) is 5.39. The van der Waals surface area contributed by atoms with Gasteiger partial charge in [-0.05, 0) is 48.1 Å². The third-order valence-electron chi connectivity index (χ3n) is 6.88. The highest BCUT2D eigenvalue weighted by molar-refractivity contribution is 9.12. The van der Waals surface area contributed by atoms with Gasteiger partial charge in [-0.15, -0.1) is 0 Å². The van der Waals surface area contributed by atoms with Crippen molar-refractivity contribution in [1.29, 1.82) is 0 Å². The van der Waals surface area contributed by atoms with Crippen LogP contribution in [-0.4, -0.2) is 37.4 Å². The van der Waals surface area contributed by atoms with Gasteiger partial charge in [0.25, 0.3) is 17.7 Å². The third-order valence-corrected chi connectivity index (χ3v) is 11.0. The van der Waals surface area contributed by atoms with E-state index < -0.39 is 17.7 Å². The molecule has 2 aromatic rings. The number of benzene rings is 2. The Morgan fingerprint density at radius 3 is 2.12 bits per heavy atom. The van der Waals surface area contributed by atoms with Gasteiger partial charge in [-0.2, -0.15) is 5.01 Å². The molecule has 10 heteroatoms. The van der Waals surface area contributed by atoms with Gasteiger partial charge in [0.05, 0.1) is 29.0 Å². The van der Waals surface area contributed by atoms with Crippen LogP contribution in [0.1, 0.15) is 22.3 Å². The SMILES string of the molecule is O=C(c1ccccc1Cl)N(Cc1ccc(Cl)cc1Cl)N1C(=O)[C@@H]2[C@H]3C[C@@H]([C@H](Br)[C@H]3Br)[C@@H]2C1=O. The molecule has 5 nitrogen and oxygen atoms in total. The maximum atomic E-state index is 13.7. The van der Waals surface area contributed by atoms with E-state index in [9.17, 15) is 14.4 Å².